The fourth-order valence-corrected chi connectivity index (χ4v) is 2.77. The van der Waals surface area contributed by atoms with Gasteiger partial charge in [-0.1, -0.05) is 46.3 Å². The van der Waals surface area contributed by atoms with E-state index in [2.05, 4.69) is 26.6 Å². The first kappa shape index (κ1) is 18.2. The van der Waals surface area contributed by atoms with E-state index in [1.54, 1.807) is 0 Å². The average Bonchev–Trinajstić information content (AvgIpc) is 2.57. The van der Waals surface area contributed by atoms with Crippen LogP contribution in [-0.2, 0) is 14.3 Å². The van der Waals surface area contributed by atoms with Crippen LogP contribution in [0.1, 0.15) is 24.1 Å². The van der Waals surface area contributed by atoms with E-state index >= 15 is 0 Å². The summed E-state index contributed by atoms with van der Waals surface area (Å²) in [5, 5.41) is 6.03. The molecule has 0 aliphatic heterocycles. The van der Waals surface area contributed by atoms with Crippen LogP contribution in [0.3, 0.4) is 0 Å². The number of anilines is 1. The lowest BCUT2D eigenvalue weighted by molar-refractivity contribution is -0.139. The minimum atomic E-state index is -0.355. The van der Waals surface area contributed by atoms with Crippen molar-refractivity contribution in [2.45, 2.75) is 13.0 Å². The van der Waals surface area contributed by atoms with Gasteiger partial charge < -0.3 is 10.1 Å². The van der Waals surface area contributed by atoms with Gasteiger partial charge in [-0.3, -0.25) is 14.9 Å². The van der Waals surface area contributed by atoms with Crippen molar-refractivity contribution in [3.05, 3.63) is 64.1 Å². The lowest BCUT2D eigenvalue weighted by Crippen LogP contribution is -2.29. The first-order valence-electron chi connectivity index (χ1n) is 7.43. The smallest absolute Gasteiger partial charge is 0.319 e. The van der Waals surface area contributed by atoms with Crippen molar-refractivity contribution in [2.75, 3.05) is 19.0 Å². The number of amides is 1. The van der Waals surface area contributed by atoms with Crippen LogP contribution in [0.15, 0.2) is 53.0 Å². The fourth-order valence-electron chi connectivity index (χ4n) is 2.39. The molecular weight excluding hydrogens is 372 g/mol. The Hall–Kier alpha value is -2.18. The van der Waals surface area contributed by atoms with Gasteiger partial charge in [-0.25, -0.2) is 0 Å². The summed E-state index contributed by atoms with van der Waals surface area (Å²) in [6.45, 7) is 1.52. The number of esters is 1. The second-order valence-corrected chi connectivity index (χ2v) is 6.13. The number of nitrogens with one attached hydrogen (secondary N) is 2. The quantitative estimate of drug-likeness (QED) is 0.742. The van der Waals surface area contributed by atoms with Gasteiger partial charge in [-0.15, -0.1) is 0 Å². The Morgan fingerprint density at radius 3 is 2.50 bits per heavy atom. The SMILES string of the molecule is COC(=O)CN[C@H](c1ccccc1)c1cc(Br)ccc1NC(C)=O. The molecule has 0 radical (unpaired) electrons. The molecule has 0 bridgehead atoms. The van der Waals surface area contributed by atoms with Crippen molar-refractivity contribution in [3.8, 4) is 0 Å². The maximum absolute atomic E-state index is 11.5. The number of ether oxygens (including phenoxy) is 1. The highest BCUT2D eigenvalue weighted by Crippen LogP contribution is 2.31. The van der Waals surface area contributed by atoms with Gasteiger partial charge in [0, 0.05) is 17.1 Å². The van der Waals surface area contributed by atoms with Crippen molar-refractivity contribution in [1.29, 1.82) is 0 Å². The van der Waals surface area contributed by atoms with Crippen molar-refractivity contribution < 1.29 is 14.3 Å². The monoisotopic (exact) mass is 390 g/mol. The fraction of sp³-hybridized carbons (Fsp3) is 0.222. The first-order chi connectivity index (χ1) is 11.5. The summed E-state index contributed by atoms with van der Waals surface area (Å²) < 4.78 is 5.59. The summed E-state index contributed by atoms with van der Waals surface area (Å²) in [5.74, 6) is -0.509. The van der Waals surface area contributed by atoms with E-state index in [9.17, 15) is 9.59 Å². The van der Waals surface area contributed by atoms with E-state index in [0.717, 1.165) is 15.6 Å². The van der Waals surface area contributed by atoms with Gasteiger partial charge in [0.25, 0.3) is 0 Å². The second kappa shape index (κ2) is 8.61. The van der Waals surface area contributed by atoms with Crippen LogP contribution in [0.2, 0.25) is 0 Å². The van der Waals surface area contributed by atoms with Crippen LogP contribution in [0.5, 0.6) is 0 Å². The normalized spacial score (nSPS) is 11.6. The number of methoxy groups -OCH3 is 1. The maximum Gasteiger partial charge on any atom is 0.319 e. The molecule has 6 heteroatoms. The second-order valence-electron chi connectivity index (χ2n) is 5.21. The van der Waals surface area contributed by atoms with Crippen LogP contribution in [0.4, 0.5) is 5.69 Å². The highest BCUT2D eigenvalue weighted by molar-refractivity contribution is 9.10. The zero-order valence-corrected chi connectivity index (χ0v) is 15.1. The van der Waals surface area contributed by atoms with Crippen LogP contribution in [0, 0.1) is 0 Å². The first-order valence-corrected chi connectivity index (χ1v) is 8.22. The van der Waals surface area contributed by atoms with E-state index in [1.807, 2.05) is 48.5 Å². The number of hydrogen-bond acceptors (Lipinski definition) is 4. The molecule has 0 fully saturated rings. The minimum Gasteiger partial charge on any atom is -0.468 e. The summed E-state index contributed by atoms with van der Waals surface area (Å²) in [4.78, 5) is 23.0. The minimum absolute atomic E-state index is 0.0576. The average molecular weight is 391 g/mol. The van der Waals surface area contributed by atoms with Gasteiger partial charge in [0.2, 0.25) is 5.91 Å². The van der Waals surface area contributed by atoms with Crippen molar-refractivity contribution in [1.82, 2.24) is 5.32 Å². The van der Waals surface area contributed by atoms with Crippen molar-refractivity contribution in [2.24, 2.45) is 0 Å². The molecular formula is C18H19BrN2O3. The molecule has 0 aromatic heterocycles. The Morgan fingerprint density at radius 1 is 1.17 bits per heavy atom. The molecule has 1 atom stereocenters. The Balaban J connectivity index is 2.44. The number of hydrogen-bond donors (Lipinski definition) is 2. The van der Waals surface area contributed by atoms with Gasteiger partial charge >= 0.3 is 5.97 Å². The van der Waals surface area contributed by atoms with Gasteiger partial charge in [-0.2, -0.15) is 0 Å². The predicted octanol–water partition coefficient (Wildman–Crippen LogP) is 3.26. The van der Waals surface area contributed by atoms with Gasteiger partial charge in [0.15, 0.2) is 0 Å². The summed E-state index contributed by atoms with van der Waals surface area (Å²) in [6, 6.07) is 15.1. The molecule has 5 nitrogen and oxygen atoms in total. The van der Waals surface area contributed by atoms with Crippen molar-refractivity contribution in [3.63, 3.8) is 0 Å². The molecule has 126 valence electrons. The Labute approximate surface area is 149 Å². The van der Waals surface area contributed by atoms with E-state index in [-0.39, 0.29) is 24.5 Å². The van der Waals surface area contributed by atoms with Crippen LogP contribution >= 0.6 is 15.9 Å². The number of halogens is 1. The van der Waals surface area contributed by atoms with Gasteiger partial charge in [0.05, 0.1) is 19.7 Å². The molecule has 2 aromatic rings. The molecule has 0 unspecified atom stereocenters. The van der Waals surface area contributed by atoms with E-state index < -0.39 is 0 Å². The largest absolute Gasteiger partial charge is 0.468 e. The van der Waals surface area contributed by atoms with Crippen molar-refractivity contribution >= 4 is 33.5 Å². The molecule has 0 spiro atoms. The van der Waals surface area contributed by atoms with Crippen LogP contribution in [-0.4, -0.2) is 25.5 Å². The zero-order chi connectivity index (χ0) is 17.5. The maximum atomic E-state index is 11.5. The van der Waals surface area contributed by atoms with Crippen LogP contribution < -0.4 is 10.6 Å². The highest BCUT2D eigenvalue weighted by atomic mass is 79.9. The summed E-state index contributed by atoms with van der Waals surface area (Å²) in [5.41, 5.74) is 2.53. The molecule has 2 rings (SSSR count). The molecule has 0 saturated heterocycles. The molecule has 0 aliphatic carbocycles. The number of benzene rings is 2. The summed E-state index contributed by atoms with van der Waals surface area (Å²) >= 11 is 3.47. The van der Waals surface area contributed by atoms with Gasteiger partial charge in [-0.05, 0) is 29.3 Å². The molecule has 2 aromatic carbocycles. The number of carbonyl (C=O) groups is 2. The van der Waals surface area contributed by atoms with E-state index in [0.29, 0.717) is 5.69 Å². The third-order valence-corrected chi connectivity index (χ3v) is 3.94. The molecule has 1 amide bonds. The number of carbonyl (C=O) groups excluding carboxylic acids is 2. The molecule has 24 heavy (non-hydrogen) atoms. The summed E-state index contributed by atoms with van der Waals surface area (Å²) in [6.07, 6.45) is 0. The third kappa shape index (κ3) is 4.91. The Kier molecular flexibility index (Phi) is 6.52. The Bertz CT molecular complexity index is 719. The summed E-state index contributed by atoms with van der Waals surface area (Å²) in [7, 11) is 1.35. The zero-order valence-electron chi connectivity index (χ0n) is 13.5. The lowest BCUT2D eigenvalue weighted by atomic mass is 9.97. The molecule has 0 saturated carbocycles. The third-order valence-electron chi connectivity index (χ3n) is 3.45. The molecule has 2 N–H and O–H groups in total. The standard InChI is InChI=1S/C18H19BrN2O3/c1-12(22)21-16-9-8-14(19)10-15(16)18(20-11-17(23)24-2)13-6-4-3-5-7-13/h3-10,18,20H,11H2,1-2H3,(H,21,22)/t18-/m1/s1. The Morgan fingerprint density at radius 2 is 1.88 bits per heavy atom. The van der Waals surface area contributed by atoms with Gasteiger partial charge in [0.1, 0.15) is 0 Å². The molecule has 0 aliphatic rings. The van der Waals surface area contributed by atoms with Crippen LogP contribution in [0.25, 0.3) is 0 Å². The molecule has 0 heterocycles. The predicted molar refractivity (Wildman–Crippen MR) is 96.7 cm³/mol. The van der Waals surface area contributed by atoms with E-state index in [4.69, 9.17) is 4.74 Å². The number of rotatable bonds is 6. The topological polar surface area (TPSA) is 67.4 Å². The van der Waals surface area contributed by atoms with E-state index in [1.165, 1.54) is 14.0 Å². The highest BCUT2D eigenvalue weighted by Gasteiger charge is 2.19. The lowest BCUT2D eigenvalue weighted by Gasteiger charge is -2.22.